The van der Waals surface area contributed by atoms with Gasteiger partial charge in [0.2, 0.25) is 5.82 Å². The van der Waals surface area contributed by atoms with Gasteiger partial charge in [0, 0.05) is 13.1 Å². The van der Waals surface area contributed by atoms with Crippen LogP contribution < -0.4 is 0 Å². The van der Waals surface area contributed by atoms with Gasteiger partial charge >= 0.3 is 5.69 Å². The van der Waals surface area contributed by atoms with Crippen molar-refractivity contribution in [1.29, 1.82) is 0 Å². The Labute approximate surface area is 109 Å². The quantitative estimate of drug-likeness (QED) is 0.625. The van der Waals surface area contributed by atoms with E-state index in [1.54, 1.807) is 6.92 Å². The predicted octanol–water partition coefficient (Wildman–Crippen LogP) is 2.74. The molecule has 5 nitrogen and oxygen atoms in total. The molecule has 0 aliphatic carbocycles. The first-order valence-electron chi connectivity index (χ1n) is 5.70. The van der Waals surface area contributed by atoms with E-state index < -0.39 is 33.7 Å². The average Bonchev–Trinajstić information content (AvgIpc) is 2.37. The summed E-state index contributed by atoms with van der Waals surface area (Å²) in [6.07, 6.45) is 0.626. The van der Waals surface area contributed by atoms with Gasteiger partial charge in [0.1, 0.15) is 5.82 Å². The SMILES string of the molecule is CCC(C)N(C)C(=O)c1cc(F)cc([N+](=O)[O-])c1F. The molecule has 0 aliphatic heterocycles. The van der Waals surface area contributed by atoms with E-state index in [1.807, 2.05) is 6.92 Å². The topological polar surface area (TPSA) is 63.5 Å². The highest BCUT2D eigenvalue weighted by molar-refractivity contribution is 5.95. The van der Waals surface area contributed by atoms with E-state index in [2.05, 4.69) is 0 Å². The van der Waals surface area contributed by atoms with Gasteiger partial charge in [0.15, 0.2) is 0 Å². The molecular formula is C12H14F2N2O3. The number of hydrogen-bond acceptors (Lipinski definition) is 3. The monoisotopic (exact) mass is 272 g/mol. The van der Waals surface area contributed by atoms with Crippen LogP contribution in [-0.4, -0.2) is 28.8 Å². The maximum absolute atomic E-state index is 13.8. The van der Waals surface area contributed by atoms with E-state index >= 15 is 0 Å². The van der Waals surface area contributed by atoms with E-state index in [4.69, 9.17) is 0 Å². The second kappa shape index (κ2) is 5.73. The number of nitro benzene ring substituents is 1. The van der Waals surface area contributed by atoms with Crippen LogP contribution in [0.4, 0.5) is 14.5 Å². The van der Waals surface area contributed by atoms with Crippen molar-refractivity contribution in [2.45, 2.75) is 26.3 Å². The molecule has 0 radical (unpaired) electrons. The number of carbonyl (C=O) groups is 1. The summed E-state index contributed by atoms with van der Waals surface area (Å²) < 4.78 is 27.1. The molecule has 0 saturated heterocycles. The highest BCUT2D eigenvalue weighted by Gasteiger charge is 2.27. The van der Waals surface area contributed by atoms with Crippen LogP contribution in [0.5, 0.6) is 0 Å². The Morgan fingerprint density at radius 1 is 1.47 bits per heavy atom. The standard InChI is InChI=1S/C12H14F2N2O3/c1-4-7(2)15(3)12(17)9-5-8(13)6-10(11(9)14)16(18)19/h5-7H,4H2,1-3H3. The molecular weight excluding hydrogens is 258 g/mol. The molecule has 0 saturated carbocycles. The molecule has 0 aromatic heterocycles. The Balaban J connectivity index is 3.27. The van der Waals surface area contributed by atoms with Crippen LogP contribution in [0.2, 0.25) is 0 Å². The third-order valence-corrected chi connectivity index (χ3v) is 3.02. The van der Waals surface area contributed by atoms with E-state index in [0.717, 1.165) is 0 Å². The molecule has 1 aromatic rings. The Morgan fingerprint density at radius 3 is 2.53 bits per heavy atom. The molecule has 1 rings (SSSR count). The van der Waals surface area contributed by atoms with Gasteiger partial charge < -0.3 is 4.90 Å². The molecule has 104 valence electrons. The summed E-state index contributed by atoms with van der Waals surface area (Å²) in [5.74, 6) is -3.12. The number of halogens is 2. The second-order valence-corrected chi connectivity index (χ2v) is 4.22. The van der Waals surface area contributed by atoms with Gasteiger partial charge in [-0.25, -0.2) is 4.39 Å². The smallest absolute Gasteiger partial charge is 0.308 e. The zero-order valence-corrected chi connectivity index (χ0v) is 10.8. The Morgan fingerprint density at radius 2 is 2.05 bits per heavy atom. The van der Waals surface area contributed by atoms with Gasteiger partial charge in [-0.1, -0.05) is 6.92 Å². The number of hydrogen-bond donors (Lipinski definition) is 0. The van der Waals surface area contributed by atoms with Crippen LogP contribution in [0.25, 0.3) is 0 Å². The zero-order valence-electron chi connectivity index (χ0n) is 10.8. The summed E-state index contributed by atoms with van der Waals surface area (Å²) in [6.45, 7) is 3.57. The van der Waals surface area contributed by atoms with Crippen molar-refractivity contribution < 1.29 is 18.5 Å². The van der Waals surface area contributed by atoms with Crippen LogP contribution in [-0.2, 0) is 0 Å². The molecule has 0 bridgehead atoms. The molecule has 0 fully saturated rings. The minimum atomic E-state index is -1.31. The lowest BCUT2D eigenvalue weighted by Gasteiger charge is -2.23. The summed E-state index contributed by atoms with van der Waals surface area (Å²) in [6, 6.07) is 0.938. The van der Waals surface area contributed by atoms with Crippen LogP contribution in [0.1, 0.15) is 30.6 Å². The molecule has 0 N–H and O–H groups in total. The van der Waals surface area contributed by atoms with E-state index in [-0.39, 0.29) is 6.04 Å². The molecule has 7 heteroatoms. The van der Waals surface area contributed by atoms with Crippen molar-refractivity contribution in [3.05, 3.63) is 39.4 Å². The van der Waals surface area contributed by atoms with Gasteiger partial charge in [-0.05, 0) is 19.4 Å². The van der Waals surface area contributed by atoms with Crippen molar-refractivity contribution >= 4 is 11.6 Å². The first kappa shape index (κ1) is 15.0. The number of amides is 1. The summed E-state index contributed by atoms with van der Waals surface area (Å²) in [5, 5.41) is 10.6. The third-order valence-electron chi connectivity index (χ3n) is 3.02. The molecule has 1 aromatic carbocycles. The minimum absolute atomic E-state index is 0.186. The van der Waals surface area contributed by atoms with E-state index in [1.165, 1.54) is 11.9 Å². The molecule has 0 spiro atoms. The molecule has 19 heavy (non-hydrogen) atoms. The van der Waals surface area contributed by atoms with Gasteiger partial charge in [0.05, 0.1) is 16.6 Å². The number of carbonyl (C=O) groups excluding carboxylic acids is 1. The summed E-state index contributed by atoms with van der Waals surface area (Å²) in [7, 11) is 1.44. The lowest BCUT2D eigenvalue weighted by molar-refractivity contribution is -0.387. The highest BCUT2D eigenvalue weighted by atomic mass is 19.1. The fourth-order valence-corrected chi connectivity index (χ4v) is 1.53. The van der Waals surface area contributed by atoms with Crippen LogP contribution in [0.3, 0.4) is 0 Å². The van der Waals surface area contributed by atoms with Crippen LogP contribution >= 0.6 is 0 Å². The van der Waals surface area contributed by atoms with Gasteiger partial charge in [-0.3, -0.25) is 14.9 Å². The molecule has 1 amide bonds. The van der Waals surface area contributed by atoms with Crippen molar-refractivity contribution in [2.75, 3.05) is 7.05 Å². The normalized spacial score (nSPS) is 12.1. The maximum atomic E-state index is 13.8. The second-order valence-electron chi connectivity index (χ2n) is 4.22. The predicted molar refractivity (Wildman–Crippen MR) is 64.9 cm³/mol. The van der Waals surface area contributed by atoms with Gasteiger partial charge in [-0.2, -0.15) is 4.39 Å². The summed E-state index contributed by atoms with van der Waals surface area (Å²) >= 11 is 0. The van der Waals surface area contributed by atoms with Crippen molar-refractivity contribution in [3.8, 4) is 0 Å². The van der Waals surface area contributed by atoms with E-state index in [0.29, 0.717) is 18.6 Å². The Kier molecular flexibility index (Phi) is 4.52. The Bertz CT molecular complexity index is 520. The number of nitrogens with zero attached hydrogens (tertiary/aromatic N) is 2. The number of nitro groups is 1. The van der Waals surface area contributed by atoms with Crippen LogP contribution in [0.15, 0.2) is 12.1 Å². The number of rotatable bonds is 4. The molecule has 0 heterocycles. The summed E-state index contributed by atoms with van der Waals surface area (Å²) in [5.41, 5.74) is -1.67. The molecule has 0 aliphatic rings. The van der Waals surface area contributed by atoms with Crippen molar-refractivity contribution in [2.24, 2.45) is 0 Å². The van der Waals surface area contributed by atoms with Crippen LogP contribution in [0, 0.1) is 21.7 Å². The van der Waals surface area contributed by atoms with Gasteiger partial charge in [-0.15, -0.1) is 0 Å². The van der Waals surface area contributed by atoms with Gasteiger partial charge in [0.25, 0.3) is 5.91 Å². The highest BCUT2D eigenvalue weighted by Crippen LogP contribution is 2.24. The number of benzene rings is 1. The average molecular weight is 272 g/mol. The Hall–Kier alpha value is -2.05. The first-order chi connectivity index (χ1) is 8.79. The fraction of sp³-hybridized carbons (Fsp3) is 0.417. The largest absolute Gasteiger partial charge is 0.339 e. The fourth-order valence-electron chi connectivity index (χ4n) is 1.53. The lowest BCUT2D eigenvalue weighted by atomic mass is 10.1. The summed E-state index contributed by atoms with van der Waals surface area (Å²) in [4.78, 5) is 22.7. The maximum Gasteiger partial charge on any atom is 0.308 e. The molecule has 1 atom stereocenters. The molecule has 1 unspecified atom stereocenters. The zero-order chi connectivity index (χ0) is 14.7. The van der Waals surface area contributed by atoms with E-state index in [9.17, 15) is 23.7 Å². The third kappa shape index (κ3) is 3.04. The van der Waals surface area contributed by atoms with Crippen molar-refractivity contribution in [3.63, 3.8) is 0 Å². The van der Waals surface area contributed by atoms with Crippen molar-refractivity contribution in [1.82, 2.24) is 4.90 Å². The first-order valence-corrected chi connectivity index (χ1v) is 5.70. The minimum Gasteiger partial charge on any atom is -0.339 e. The lowest BCUT2D eigenvalue weighted by Crippen LogP contribution is -2.35.